The molecular formula is C13H25N3O3S. The Balaban J connectivity index is 2.75. The van der Waals surface area contributed by atoms with Crippen LogP contribution in [0.1, 0.15) is 39.4 Å². The van der Waals surface area contributed by atoms with Crippen LogP contribution in [0.5, 0.6) is 0 Å². The Morgan fingerprint density at radius 3 is 2.40 bits per heavy atom. The number of rotatable bonds is 8. The first kappa shape index (κ1) is 17.1. The van der Waals surface area contributed by atoms with E-state index in [9.17, 15) is 13.5 Å². The van der Waals surface area contributed by atoms with E-state index in [2.05, 4.69) is 9.71 Å². The Bertz CT molecular complexity index is 521. The summed E-state index contributed by atoms with van der Waals surface area (Å²) < 4.78 is 28.4. The highest BCUT2D eigenvalue weighted by Crippen LogP contribution is 2.14. The van der Waals surface area contributed by atoms with Crippen molar-refractivity contribution in [2.75, 3.05) is 6.54 Å². The fourth-order valence-electron chi connectivity index (χ4n) is 2.20. The van der Waals surface area contributed by atoms with Crippen LogP contribution >= 0.6 is 0 Å². The molecule has 0 aliphatic carbocycles. The van der Waals surface area contributed by atoms with Crippen molar-refractivity contribution in [3.63, 3.8) is 0 Å². The Kier molecular flexibility index (Phi) is 6.16. The Hall–Kier alpha value is -0.920. The van der Waals surface area contributed by atoms with E-state index in [1.807, 2.05) is 20.8 Å². The quantitative estimate of drug-likeness (QED) is 0.758. The van der Waals surface area contributed by atoms with Crippen molar-refractivity contribution < 1.29 is 13.5 Å². The lowest BCUT2D eigenvalue weighted by molar-refractivity contribution is 0.107. The largest absolute Gasteiger partial charge is 0.391 e. The van der Waals surface area contributed by atoms with E-state index in [1.165, 1.54) is 6.20 Å². The number of nitrogens with zero attached hydrogens (tertiary/aromatic N) is 2. The van der Waals surface area contributed by atoms with Crippen LogP contribution in [0.4, 0.5) is 0 Å². The van der Waals surface area contributed by atoms with Crippen molar-refractivity contribution in [3.8, 4) is 0 Å². The van der Waals surface area contributed by atoms with Crippen molar-refractivity contribution in [1.29, 1.82) is 0 Å². The van der Waals surface area contributed by atoms with E-state index in [-0.39, 0.29) is 17.5 Å². The summed E-state index contributed by atoms with van der Waals surface area (Å²) >= 11 is 0. The number of aryl methyl sites for hydroxylation is 2. The molecule has 0 saturated heterocycles. The van der Waals surface area contributed by atoms with Crippen LogP contribution in [-0.2, 0) is 16.6 Å². The second-order valence-electron chi connectivity index (χ2n) is 4.91. The molecule has 0 radical (unpaired) electrons. The van der Waals surface area contributed by atoms with E-state index >= 15 is 0 Å². The van der Waals surface area contributed by atoms with Crippen LogP contribution in [0.2, 0.25) is 0 Å². The molecule has 0 aliphatic rings. The molecule has 0 fully saturated rings. The molecule has 0 aromatic carbocycles. The molecule has 0 bridgehead atoms. The van der Waals surface area contributed by atoms with Gasteiger partial charge in [0.15, 0.2) is 5.03 Å². The molecule has 0 aliphatic heterocycles. The van der Waals surface area contributed by atoms with E-state index in [0.29, 0.717) is 12.4 Å². The molecule has 7 heteroatoms. The molecule has 0 saturated carbocycles. The third-order valence-corrected chi connectivity index (χ3v) is 4.94. The molecule has 2 N–H and O–H groups in total. The summed E-state index contributed by atoms with van der Waals surface area (Å²) in [7, 11) is -3.66. The van der Waals surface area contributed by atoms with Gasteiger partial charge in [-0.25, -0.2) is 18.1 Å². The summed E-state index contributed by atoms with van der Waals surface area (Å²) in [5, 5.41) is 9.98. The number of aliphatic hydroxyl groups excluding tert-OH is 1. The predicted octanol–water partition coefficient (Wildman–Crippen LogP) is 1.29. The number of aliphatic hydroxyl groups is 1. The SMILES string of the molecule is CCC(CC)C(O)CNS(=O)(=O)c1cn(CC)c(C)n1. The summed E-state index contributed by atoms with van der Waals surface area (Å²) in [6.07, 6.45) is 2.49. The van der Waals surface area contributed by atoms with Crippen LogP contribution in [-0.4, -0.2) is 35.7 Å². The molecule has 1 rings (SSSR count). The van der Waals surface area contributed by atoms with Crippen LogP contribution in [0.3, 0.4) is 0 Å². The lowest BCUT2D eigenvalue weighted by Crippen LogP contribution is -2.36. The smallest absolute Gasteiger partial charge is 0.259 e. The monoisotopic (exact) mass is 303 g/mol. The Labute approximate surface area is 121 Å². The highest BCUT2D eigenvalue weighted by Gasteiger charge is 2.22. The van der Waals surface area contributed by atoms with E-state index in [0.717, 1.165) is 12.8 Å². The summed E-state index contributed by atoms with van der Waals surface area (Å²) in [5.41, 5.74) is 0. The average molecular weight is 303 g/mol. The van der Waals surface area contributed by atoms with Crippen LogP contribution in [0, 0.1) is 12.8 Å². The first-order valence-electron chi connectivity index (χ1n) is 7.07. The zero-order valence-corrected chi connectivity index (χ0v) is 13.4. The number of imidazole rings is 1. The zero-order chi connectivity index (χ0) is 15.3. The van der Waals surface area contributed by atoms with Crippen molar-refractivity contribution in [3.05, 3.63) is 12.0 Å². The molecule has 1 aromatic heterocycles. The first-order valence-corrected chi connectivity index (χ1v) is 8.55. The lowest BCUT2D eigenvalue weighted by Gasteiger charge is -2.19. The maximum absolute atomic E-state index is 12.1. The van der Waals surface area contributed by atoms with E-state index in [4.69, 9.17) is 0 Å². The fourth-order valence-corrected chi connectivity index (χ4v) is 3.25. The van der Waals surface area contributed by atoms with Gasteiger partial charge in [-0.1, -0.05) is 26.7 Å². The summed E-state index contributed by atoms with van der Waals surface area (Å²) in [6.45, 7) is 8.35. The molecule has 1 unspecified atom stereocenters. The Morgan fingerprint density at radius 2 is 1.95 bits per heavy atom. The molecule has 1 aromatic rings. The lowest BCUT2D eigenvalue weighted by atomic mass is 9.97. The van der Waals surface area contributed by atoms with Crippen LogP contribution in [0.15, 0.2) is 11.2 Å². The molecule has 20 heavy (non-hydrogen) atoms. The van der Waals surface area contributed by atoms with Gasteiger partial charge in [0, 0.05) is 19.3 Å². The standard InChI is InChI=1S/C13H25N3O3S/c1-5-11(6-2)12(17)8-14-20(18,19)13-9-16(7-3)10(4)15-13/h9,11-12,14,17H,5-8H2,1-4H3. The predicted molar refractivity (Wildman–Crippen MR) is 77.9 cm³/mol. The van der Waals surface area contributed by atoms with Gasteiger partial charge in [0.25, 0.3) is 10.0 Å². The second-order valence-corrected chi connectivity index (χ2v) is 6.62. The molecule has 116 valence electrons. The van der Waals surface area contributed by atoms with Gasteiger partial charge in [-0.2, -0.15) is 0 Å². The van der Waals surface area contributed by atoms with Gasteiger partial charge in [-0.3, -0.25) is 0 Å². The van der Waals surface area contributed by atoms with Crippen LogP contribution < -0.4 is 4.72 Å². The zero-order valence-electron chi connectivity index (χ0n) is 12.6. The van der Waals surface area contributed by atoms with Gasteiger partial charge in [0.2, 0.25) is 0 Å². The molecule has 0 amide bonds. The van der Waals surface area contributed by atoms with Gasteiger partial charge in [-0.15, -0.1) is 0 Å². The normalized spacial score (nSPS) is 13.9. The highest BCUT2D eigenvalue weighted by atomic mass is 32.2. The van der Waals surface area contributed by atoms with E-state index < -0.39 is 16.1 Å². The molecular weight excluding hydrogens is 278 g/mol. The van der Waals surface area contributed by atoms with Crippen molar-refractivity contribution >= 4 is 10.0 Å². The minimum absolute atomic E-state index is 0.00796. The Morgan fingerprint density at radius 1 is 1.35 bits per heavy atom. The molecule has 0 spiro atoms. The number of nitrogens with one attached hydrogen (secondary N) is 1. The van der Waals surface area contributed by atoms with Gasteiger partial charge in [-0.05, 0) is 19.8 Å². The number of sulfonamides is 1. The van der Waals surface area contributed by atoms with Gasteiger partial charge < -0.3 is 9.67 Å². The molecule has 1 atom stereocenters. The number of hydrogen-bond donors (Lipinski definition) is 2. The van der Waals surface area contributed by atoms with Crippen molar-refractivity contribution in [1.82, 2.24) is 14.3 Å². The summed E-state index contributed by atoms with van der Waals surface area (Å²) in [6, 6.07) is 0. The van der Waals surface area contributed by atoms with E-state index in [1.54, 1.807) is 11.5 Å². The van der Waals surface area contributed by atoms with Gasteiger partial charge >= 0.3 is 0 Å². The summed E-state index contributed by atoms with van der Waals surface area (Å²) in [5.74, 6) is 0.765. The second kappa shape index (κ2) is 7.19. The minimum atomic E-state index is -3.66. The van der Waals surface area contributed by atoms with Gasteiger partial charge in [0.1, 0.15) is 5.82 Å². The molecule has 6 nitrogen and oxygen atoms in total. The third-order valence-electron chi connectivity index (χ3n) is 3.65. The topological polar surface area (TPSA) is 84.2 Å². The summed E-state index contributed by atoms with van der Waals surface area (Å²) in [4.78, 5) is 4.05. The van der Waals surface area contributed by atoms with Crippen molar-refractivity contribution in [2.45, 2.75) is 58.2 Å². The van der Waals surface area contributed by atoms with Crippen molar-refractivity contribution in [2.24, 2.45) is 5.92 Å². The third kappa shape index (κ3) is 4.04. The fraction of sp³-hybridized carbons (Fsp3) is 0.769. The maximum Gasteiger partial charge on any atom is 0.259 e. The molecule has 1 heterocycles. The minimum Gasteiger partial charge on any atom is -0.391 e. The number of aromatic nitrogens is 2. The van der Waals surface area contributed by atoms with Crippen LogP contribution in [0.25, 0.3) is 0 Å². The average Bonchev–Trinajstić information content (AvgIpc) is 2.80. The number of hydrogen-bond acceptors (Lipinski definition) is 4. The first-order chi connectivity index (χ1) is 9.35. The highest BCUT2D eigenvalue weighted by molar-refractivity contribution is 7.89. The van der Waals surface area contributed by atoms with Gasteiger partial charge in [0.05, 0.1) is 6.10 Å². The maximum atomic E-state index is 12.1.